The quantitative estimate of drug-likeness (QED) is 0.898. The summed E-state index contributed by atoms with van der Waals surface area (Å²) >= 11 is 0. The van der Waals surface area contributed by atoms with Crippen molar-refractivity contribution < 1.29 is 4.42 Å². The largest absolute Gasteiger partial charge is 0.432 e. The minimum absolute atomic E-state index is 0.442. The lowest BCUT2D eigenvalue weighted by Crippen LogP contribution is -2.38. The van der Waals surface area contributed by atoms with Gasteiger partial charge in [0.1, 0.15) is 6.26 Å². The van der Waals surface area contributed by atoms with Gasteiger partial charge in [0.15, 0.2) is 0 Å². The van der Waals surface area contributed by atoms with E-state index in [9.17, 15) is 0 Å². The first-order valence-corrected chi connectivity index (χ1v) is 7.19. The average molecular weight is 266 g/mol. The van der Waals surface area contributed by atoms with E-state index in [1.165, 1.54) is 0 Å². The molecule has 2 rings (SSSR count). The molecule has 0 radical (unpaired) electrons. The Bertz CT molecular complexity index is 391. The highest BCUT2D eigenvalue weighted by molar-refractivity contribution is 5.29. The highest BCUT2D eigenvalue weighted by atomic mass is 16.4. The summed E-state index contributed by atoms with van der Waals surface area (Å²) in [5, 5.41) is 3.36. The summed E-state index contributed by atoms with van der Waals surface area (Å²) in [4.78, 5) is 9.25. The fraction of sp³-hybridized carbons (Fsp3) is 0.786. The van der Waals surface area contributed by atoms with E-state index >= 15 is 0 Å². The molecule has 1 aromatic rings. The molecule has 0 bridgehead atoms. The summed E-state index contributed by atoms with van der Waals surface area (Å²) in [5.74, 6) is 0. The molecular formula is C14H26N4O. The van der Waals surface area contributed by atoms with Crippen molar-refractivity contribution in [2.75, 3.05) is 31.6 Å². The van der Waals surface area contributed by atoms with Gasteiger partial charge in [0.2, 0.25) is 0 Å². The second kappa shape index (κ2) is 6.39. The first kappa shape index (κ1) is 14.3. The van der Waals surface area contributed by atoms with Gasteiger partial charge in [-0.05, 0) is 26.9 Å². The second-order valence-corrected chi connectivity index (χ2v) is 5.82. The van der Waals surface area contributed by atoms with E-state index in [-0.39, 0.29) is 0 Å². The molecule has 1 fully saturated rings. The lowest BCUT2D eigenvalue weighted by atomic mass is 10.3. The summed E-state index contributed by atoms with van der Waals surface area (Å²) in [6.45, 7) is 10.5. The number of nitrogens with one attached hydrogen (secondary N) is 1. The maximum atomic E-state index is 5.65. The van der Waals surface area contributed by atoms with Crippen molar-refractivity contribution in [1.29, 1.82) is 0 Å². The van der Waals surface area contributed by atoms with Gasteiger partial charge in [-0.2, -0.15) is 4.98 Å². The van der Waals surface area contributed by atoms with Crippen LogP contribution < -0.4 is 10.2 Å². The maximum Gasteiger partial charge on any atom is 0.297 e. The Hall–Kier alpha value is -1.07. The minimum atomic E-state index is 0.442. The number of hydrogen-bond acceptors (Lipinski definition) is 5. The highest BCUT2D eigenvalue weighted by Gasteiger charge is 2.23. The number of hydrogen-bond donors (Lipinski definition) is 1. The van der Waals surface area contributed by atoms with Gasteiger partial charge in [0, 0.05) is 31.7 Å². The van der Waals surface area contributed by atoms with Crippen LogP contribution >= 0.6 is 0 Å². The van der Waals surface area contributed by atoms with Gasteiger partial charge in [-0.3, -0.25) is 0 Å². The lowest BCUT2D eigenvalue weighted by molar-refractivity contribution is 0.335. The zero-order chi connectivity index (χ0) is 13.8. The molecule has 0 amide bonds. The van der Waals surface area contributed by atoms with Gasteiger partial charge in [-0.25, -0.2) is 0 Å². The van der Waals surface area contributed by atoms with Crippen molar-refractivity contribution in [2.45, 2.75) is 45.8 Å². The van der Waals surface area contributed by atoms with Crippen LogP contribution in [0.1, 0.15) is 32.9 Å². The summed E-state index contributed by atoms with van der Waals surface area (Å²) < 4.78 is 5.65. The zero-order valence-electron chi connectivity index (χ0n) is 12.5. The summed E-state index contributed by atoms with van der Waals surface area (Å²) in [6, 6.07) is 1.67. The van der Waals surface area contributed by atoms with Crippen LogP contribution in [0.25, 0.3) is 0 Å². The van der Waals surface area contributed by atoms with Crippen LogP contribution in [-0.4, -0.2) is 48.6 Å². The van der Waals surface area contributed by atoms with Crippen LogP contribution in [0.15, 0.2) is 10.7 Å². The molecule has 1 aliphatic rings. The molecule has 1 saturated heterocycles. The van der Waals surface area contributed by atoms with Crippen LogP contribution in [0.5, 0.6) is 0 Å². The molecule has 0 aromatic carbocycles. The Morgan fingerprint density at radius 1 is 1.47 bits per heavy atom. The standard InChI is InChI=1S/C14H26N4O/c1-11(2)15-8-13-10-19-14(16-13)18-7-5-6-17(4)9-12(18)3/h10-12,15H,5-9H2,1-4H3. The van der Waals surface area contributed by atoms with E-state index < -0.39 is 0 Å². The van der Waals surface area contributed by atoms with Crippen LogP contribution in [-0.2, 0) is 6.54 Å². The molecule has 19 heavy (non-hydrogen) atoms. The molecule has 0 saturated carbocycles. The van der Waals surface area contributed by atoms with Crippen LogP contribution in [0.3, 0.4) is 0 Å². The Kier molecular flexibility index (Phi) is 4.82. The highest BCUT2D eigenvalue weighted by Crippen LogP contribution is 2.19. The van der Waals surface area contributed by atoms with Gasteiger partial charge in [0.25, 0.3) is 6.01 Å². The van der Waals surface area contributed by atoms with Crippen molar-refractivity contribution in [2.24, 2.45) is 0 Å². The number of rotatable bonds is 4. The Morgan fingerprint density at radius 3 is 3.00 bits per heavy atom. The fourth-order valence-corrected chi connectivity index (χ4v) is 2.47. The summed E-state index contributed by atoms with van der Waals surface area (Å²) in [7, 11) is 2.17. The molecule has 1 N–H and O–H groups in total. The maximum absolute atomic E-state index is 5.65. The molecular weight excluding hydrogens is 240 g/mol. The van der Waals surface area contributed by atoms with Crippen molar-refractivity contribution >= 4 is 6.01 Å². The molecule has 1 unspecified atom stereocenters. The first-order valence-electron chi connectivity index (χ1n) is 7.19. The predicted octanol–water partition coefficient (Wildman–Crippen LogP) is 1.70. The summed E-state index contributed by atoms with van der Waals surface area (Å²) in [6.07, 6.45) is 2.93. The molecule has 108 valence electrons. The molecule has 0 spiro atoms. The van der Waals surface area contributed by atoms with Crippen molar-refractivity contribution in [1.82, 2.24) is 15.2 Å². The number of anilines is 1. The average Bonchev–Trinajstić information content (AvgIpc) is 2.73. The third-order valence-electron chi connectivity index (χ3n) is 3.52. The monoisotopic (exact) mass is 266 g/mol. The van der Waals surface area contributed by atoms with Crippen LogP contribution in [0, 0.1) is 0 Å². The number of aromatic nitrogens is 1. The van der Waals surface area contributed by atoms with E-state index in [1.807, 2.05) is 0 Å². The summed E-state index contributed by atoms with van der Waals surface area (Å²) in [5.41, 5.74) is 0.980. The molecule has 5 heteroatoms. The third-order valence-corrected chi connectivity index (χ3v) is 3.52. The van der Waals surface area contributed by atoms with E-state index in [2.05, 4.69) is 47.9 Å². The van der Waals surface area contributed by atoms with Crippen molar-refractivity contribution in [3.05, 3.63) is 12.0 Å². The van der Waals surface area contributed by atoms with Crippen molar-refractivity contribution in [3.8, 4) is 0 Å². The zero-order valence-corrected chi connectivity index (χ0v) is 12.5. The molecule has 1 aliphatic heterocycles. The molecule has 0 aliphatic carbocycles. The normalized spacial score (nSPS) is 21.9. The van der Waals surface area contributed by atoms with E-state index in [1.54, 1.807) is 6.26 Å². The number of nitrogens with zero attached hydrogens (tertiary/aromatic N) is 3. The molecule has 5 nitrogen and oxygen atoms in total. The number of likely N-dealkylation sites (N-methyl/N-ethyl adjacent to an activating group) is 1. The Morgan fingerprint density at radius 2 is 2.26 bits per heavy atom. The smallest absolute Gasteiger partial charge is 0.297 e. The van der Waals surface area contributed by atoms with Crippen molar-refractivity contribution in [3.63, 3.8) is 0 Å². The van der Waals surface area contributed by atoms with E-state index in [0.29, 0.717) is 12.1 Å². The minimum Gasteiger partial charge on any atom is -0.432 e. The van der Waals surface area contributed by atoms with Crippen LogP contribution in [0.4, 0.5) is 6.01 Å². The molecule has 1 aromatic heterocycles. The van der Waals surface area contributed by atoms with E-state index in [4.69, 9.17) is 4.42 Å². The van der Waals surface area contributed by atoms with Gasteiger partial charge < -0.3 is 19.5 Å². The molecule has 1 atom stereocenters. The fourth-order valence-electron chi connectivity index (χ4n) is 2.47. The Balaban J connectivity index is 2.00. The second-order valence-electron chi connectivity index (χ2n) is 5.82. The SMILES string of the molecule is CC(C)NCc1coc(N2CCCN(C)CC2C)n1. The van der Waals surface area contributed by atoms with Crippen LogP contribution in [0.2, 0.25) is 0 Å². The van der Waals surface area contributed by atoms with Gasteiger partial charge in [-0.15, -0.1) is 0 Å². The van der Waals surface area contributed by atoms with Gasteiger partial charge in [-0.1, -0.05) is 13.8 Å². The third kappa shape index (κ3) is 3.94. The number of oxazole rings is 1. The Labute approximate surface area is 116 Å². The first-order chi connectivity index (χ1) is 9.06. The lowest BCUT2D eigenvalue weighted by Gasteiger charge is -2.26. The molecule has 2 heterocycles. The van der Waals surface area contributed by atoms with Gasteiger partial charge in [0.05, 0.1) is 5.69 Å². The predicted molar refractivity (Wildman–Crippen MR) is 77.4 cm³/mol. The van der Waals surface area contributed by atoms with E-state index in [0.717, 1.165) is 44.3 Å². The van der Waals surface area contributed by atoms with Gasteiger partial charge >= 0.3 is 0 Å². The topological polar surface area (TPSA) is 44.5 Å².